The van der Waals surface area contributed by atoms with Crippen molar-refractivity contribution in [2.45, 2.75) is 31.2 Å². The summed E-state index contributed by atoms with van der Waals surface area (Å²) in [5.74, 6) is 0.135. The van der Waals surface area contributed by atoms with E-state index >= 15 is 0 Å². The van der Waals surface area contributed by atoms with Crippen molar-refractivity contribution in [3.8, 4) is 0 Å². The Labute approximate surface area is 136 Å². The number of halogens is 1. The Balaban J connectivity index is 1.59. The van der Waals surface area contributed by atoms with Gasteiger partial charge in [-0.1, -0.05) is 23.7 Å². The average molecular weight is 323 g/mol. The molecule has 0 spiro atoms. The standard InChI is InChI=1S/C17H23ClN2O2/c1-13(12-20-7-9-22-10-8-20)19-16(21)17(5-6-17)14-3-2-4-15(18)11-14/h2-4,11,13H,5-10,12H2,1H3,(H,19,21). The normalized spacial score (nSPS) is 22.1. The third kappa shape index (κ3) is 3.45. The Morgan fingerprint density at radius 3 is 2.77 bits per heavy atom. The molecule has 1 aliphatic carbocycles. The number of ether oxygens (including phenoxy) is 1. The Morgan fingerprint density at radius 2 is 2.14 bits per heavy atom. The third-order valence-electron chi connectivity index (χ3n) is 4.58. The van der Waals surface area contributed by atoms with Crippen LogP contribution < -0.4 is 5.32 Å². The van der Waals surface area contributed by atoms with Crippen LogP contribution in [0.3, 0.4) is 0 Å². The molecule has 2 aliphatic rings. The summed E-state index contributed by atoms with van der Waals surface area (Å²) in [5, 5.41) is 3.88. The van der Waals surface area contributed by atoms with Crippen molar-refractivity contribution in [1.82, 2.24) is 10.2 Å². The number of carbonyl (C=O) groups is 1. The van der Waals surface area contributed by atoms with Crippen LogP contribution >= 0.6 is 11.6 Å². The highest BCUT2D eigenvalue weighted by molar-refractivity contribution is 6.30. The molecular weight excluding hydrogens is 300 g/mol. The van der Waals surface area contributed by atoms with Gasteiger partial charge in [-0.05, 0) is 37.5 Å². The van der Waals surface area contributed by atoms with Crippen LogP contribution in [-0.2, 0) is 14.9 Å². The molecule has 1 heterocycles. The van der Waals surface area contributed by atoms with Crippen LogP contribution in [0.4, 0.5) is 0 Å². The summed E-state index contributed by atoms with van der Waals surface area (Å²) >= 11 is 6.07. The predicted octanol–water partition coefficient (Wildman–Crippen LogP) is 2.21. The van der Waals surface area contributed by atoms with E-state index in [1.54, 1.807) is 0 Å². The van der Waals surface area contributed by atoms with Gasteiger partial charge in [0.05, 0.1) is 18.6 Å². The molecule has 1 unspecified atom stereocenters. The van der Waals surface area contributed by atoms with Crippen molar-refractivity contribution in [3.63, 3.8) is 0 Å². The SMILES string of the molecule is CC(CN1CCOCC1)NC(=O)C1(c2cccc(Cl)c2)CC1. The van der Waals surface area contributed by atoms with E-state index in [0.29, 0.717) is 5.02 Å². The van der Waals surface area contributed by atoms with Gasteiger partial charge in [-0.25, -0.2) is 0 Å². The number of morpholine rings is 1. The fraction of sp³-hybridized carbons (Fsp3) is 0.588. The first-order valence-electron chi connectivity index (χ1n) is 7.97. The maximum atomic E-state index is 12.7. The Morgan fingerprint density at radius 1 is 1.41 bits per heavy atom. The van der Waals surface area contributed by atoms with Crippen LogP contribution in [0.2, 0.25) is 5.02 Å². The Bertz CT molecular complexity index is 539. The highest BCUT2D eigenvalue weighted by Gasteiger charge is 2.51. The number of hydrogen-bond acceptors (Lipinski definition) is 3. The summed E-state index contributed by atoms with van der Waals surface area (Å²) in [6.45, 7) is 6.40. The molecule has 120 valence electrons. The molecule has 4 nitrogen and oxygen atoms in total. The molecule has 1 N–H and O–H groups in total. The van der Waals surface area contributed by atoms with E-state index in [4.69, 9.17) is 16.3 Å². The number of nitrogens with zero attached hydrogens (tertiary/aromatic N) is 1. The van der Waals surface area contributed by atoms with E-state index in [-0.39, 0.29) is 17.4 Å². The molecule has 3 rings (SSSR count). The van der Waals surface area contributed by atoms with Gasteiger partial charge in [0.2, 0.25) is 5.91 Å². The second-order valence-electron chi connectivity index (χ2n) is 6.38. The maximum absolute atomic E-state index is 12.7. The third-order valence-corrected chi connectivity index (χ3v) is 4.81. The number of carbonyl (C=O) groups excluding carboxylic acids is 1. The first kappa shape index (κ1) is 15.8. The predicted molar refractivity (Wildman–Crippen MR) is 87.2 cm³/mol. The van der Waals surface area contributed by atoms with Gasteiger partial charge in [0, 0.05) is 30.7 Å². The van der Waals surface area contributed by atoms with E-state index in [9.17, 15) is 4.79 Å². The topological polar surface area (TPSA) is 41.6 Å². The highest BCUT2D eigenvalue weighted by atomic mass is 35.5. The molecule has 1 aromatic carbocycles. The van der Waals surface area contributed by atoms with Crippen LogP contribution in [0, 0.1) is 0 Å². The highest BCUT2D eigenvalue weighted by Crippen LogP contribution is 2.48. The molecule has 1 saturated heterocycles. The van der Waals surface area contributed by atoms with E-state index in [0.717, 1.165) is 51.3 Å². The van der Waals surface area contributed by atoms with Gasteiger partial charge >= 0.3 is 0 Å². The summed E-state index contributed by atoms with van der Waals surface area (Å²) < 4.78 is 5.35. The summed E-state index contributed by atoms with van der Waals surface area (Å²) in [4.78, 5) is 15.0. The van der Waals surface area contributed by atoms with Gasteiger partial charge < -0.3 is 10.1 Å². The Hall–Kier alpha value is -1.10. The molecule has 2 fully saturated rings. The number of hydrogen-bond donors (Lipinski definition) is 1. The van der Waals surface area contributed by atoms with Crippen molar-refractivity contribution in [2.24, 2.45) is 0 Å². The molecule has 22 heavy (non-hydrogen) atoms. The van der Waals surface area contributed by atoms with E-state index in [1.165, 1.54) is 0 Å². The number of benzene rings is 1. The van der Waals surface area contributed by atoms with Gasteiger partial charge in [0.25, 0.3) is 0 Å². The molecule has 0 bridgehead atoms. The summed E-state index contributed by atoms with van der Waals surface area (Å²) in [7, 11) is 0. The molecule has 1 amide bonds. The lowest BCUT2D eigenvalue weighted by atomic mass is 9.94. The number of amides is 1. The van der Waals surface area contributed by atoms with Gasteiger partial charge in [-0.15, -0.1) is 0 Å². The monoisotopic (exact) mass is 322 g/mol. The lowest BCUT2D eigenvalue weighted by molar-refractivity contribution is -0.124. The zero-order valence-corrected chi connectivity index (χ0v) is 13.7. The molecular formula is C17H23ClN2O2. The van der Waals surface area contributed by atoms with Gasteiger partial charge in [-0.2, -0.15) is 0 Å². The van der Waals surface area contributed by atoms with Gasteiger partial charge in [-0.3, -0.25) is 9.69 Å². The van der Waals surface area contributed by atoms with Crippen molar-refractivity contribution in [3.05, 3.63) is 34.9 Å². The molecule has 0 aromatic heterocycles. The van der Waals surface area contributed by atoms with E-state index < -0.39 is 0 Å². The van der Waals surface area contributed by atoms with Crippen molar-refractivity contribution in [1.29, 1.82) is 0 Å². The van der Waals surface area contributed by atoms with Gasteiger partial charge in [0.15, 0.2) is 0 Å². The molecule has 5 heteroatoms. The van der Waals surface area contributed by atoms with Crippen LogP contribution in [0.25, 0.3) is 0 Å². The first-order chi connectivity index (χ1) is 10.6. The maximum Gasteiger partial charge on any atom is 0.230 e. The van der Waals surface area contributed by atoms with E-state index in [2.05, 4.69) is 17.1 Å². The fourth-order valence-corrected chi connectivity index (χ4v) is 3.33. The molecule has 1 aromatic rings. The first-order valence-corrected chi connectivity index (χ1v) is 8.35. The number of nitrogens with one attached hydrogen (secondary N) is 1. The van der Waals surface area contributed by atoms with Crippen LogP contribution in [0.15, 0.2) is 24.3 Å². The van der Waals surface area contributed by atoms with Gasteiger partial charge in [0.1, 0.15) is 0 Å². The smallest absolute Gasteiger partial charge is 0.230 e. The van der Waals surface area contributed by atoms with E-state index in [1.807, 2.05) is 24.3 Å². The number of rotatable bonds is 5. The van der Waals surface area contributed by atoms with Crippen LogP contribution in [0.5, 0.6) is 0 Å². The largest absolute Gasteiger partial charge is 0.379 e. The zero-order valence-electron chi connectivity index (χ0n) is 13.0. The minimum Gasteiger partial charge on any atom is -0.379 e. The lowest BCUT2D eigenvalue weighted by Gasteiger charge is -2.30. The minimum atomic E-state index is -0.357. The molecule has 1 atom stereocenters. The zero-order chi connectivity index (χ0) is 15.6. The van der Waals surface area contributed by atoms with Crippen LogP contribution in [-0.4, -0.2) is 49.7 Å². The molecule has 1 aliphatic heterocycles. The summed E-state index contributed by atoms with van der Waals surface area (Å²) in [6.07, 6.45) is 1.81. The quantitative estimate of drug-likeness (QED) is 0.903. The average Bonchev–Trinajstić information content (AvgIpc) is 3.30. The van der Waals surface area contributed by atoms with Crippen molar-refractivity contribution >= 4 is 17.5 Å². The second kappa shape index (κ2) is 6.57. The van der Waals surface area contributed by atoms with Crippen molar-refractivity contribution < 1.29 is 9.53 Å². The lowest BCUT2D eigenvalue weighted by Crippen LogP contribution is -2.48. The fourth-order valence-electron chi connectivity index (χ4n) is 3.14. The molecule has 0 radical (unpaired) electrons. The Kier molecular flexibility index (Phi) is 4.71. The molecule has 1 saturated carbocycles. The second-order valence-corrected chi connectivity index (χ2v) is 6.82. The minimum absolute atomic E-state index is 0.135. The summed E-state index contributed by atoms with van der Waals surface area (Å²) in [5.41, 5.74) is 0.681. The van der Waals surface area contributed by atoms with Crippen molar-refractivity contribution in [2.75, 3.05) is 32.8 Å². The summed E-state index contributed by atoms with van der Waals surface area (Å²) in [6, 6.07) is 7.83. The van der Waals surface area contributed by atoms with Crippen LogP contribution in [0.1, 0.15) is 25.3 Å².